The Morgan fingerprint density at radius 2 is 1.50 bits per heavy atom. The molecule has 7 nitrogen and oxygen atoms in total. The highest BCUT2D eigenvalue weighted by Crippen LogP contribution is 2.60. The Hall–Kier alpha value is -2.18. The van der Waals surface area contributed by atoms with Gasteiger partial charge in [-0.25, -0.2) is 0 Å². The Morgan fingerprint density at radius 1 is 0.947 bits per heavy atom. The molecule has 0 radical (unpaired) electrons. The summed E-state index contributed by atoms with van der Waals surface area (Å²) in [5, 5.41) is 17.7. The summed E-state index contributed by atoms with van der Waals surface area (Å²) in [6, 6.07) is 16.7. The first-order valence-electron chi connectivity index (χ1n) is 14.1. The highest BCUT2D eigenvalue weighted by molar-refractivity contribution is 7.54. The van der Waals surface area contributed by atoms with Crippen LogP contribution < -0.4 is 10.6 Å². The molecule has 206 valence electrons. The summed E-state index contributed by atoms with van der Waals surface area (Å²) in [5.74, 6) is 1.44. The molecule has 4 bridgehead atoms. The fraction of sp³-hybridized carbons (Fsp3) is 0.567. The molecule has 8 heteroatoms. The molecule has 0 aromatic heterocycles. The Morgan fingerprint density at radius 3 is 2.03 bits per heavy atom. The number of hydrogen-bond donors (Lipinski definition) is 3. The second kappa shape index (κ2) is 11.5. The molecule has 6 rings (SSSR count). The number of amides is 1. The fourth-order valence-electron chi connectivity index (χ4n) is 7.37. The number of aliphatic hydroxyl groups is 1. The lowest BCUT2D eigenvalue weighted by atomic mass is 9.49. The average molecular weight is 541 g/mol. The first kappa shape index (κ1) is 27.4. The molecule has 4 fully saturated rings. The van der Waals surface area contributed by atoms with Crippen molar-refractivity contribution in [3.05, 3.63) is 65.7 Å². The van der Waals surface area contributed by atoms with Crippen LogP contribution in [0, 0.1) is 23.2 Å². The van der Waals surface area contributed by atoms with E-state index in [9.17, 15) is 14.5 Å². The maximum absolute atomic E-state index is 13.7. The molecule has 2 atom stereocenters. The zero-order valence-corrected chi connectivity index (χ0v) is 23.4. The molecule has 2 unspecified atom stereocenters. The van der Waals surface area contributed by atoms with Crippen molar-refractivity contribution >= 4 is 19.2 Å². The van der Waals surface area contributed by atoms with Crippen molar-refractivity contribution in [1.29, 1.82) is 0 Å². The Balaban J connectivity index is 1.26. The minimum atomic E-state index is -3.70. The van der Waals surface area contributed by atoms with Gasteiger partial charge in [-0.05, 0) is 93.4 Å². The minimum Gasteiger partial charge on any atom is -0.386 e. The second-order valence-electron chi connectivity index (χ2n) is 11.4. The summed E-state index contributed by atoms with van der Waals surface area (Å²) < 4.78 is 24.9. The number of rotatable bonds is 12. The third-order valence-electron chi connectivity index (χ3n) is 8.64. The monoisotopic (exact) mass is 540 g/mol. The van der Waals surface area contributed by atoms with Crippen LogP contribution in [0.3, 0.4) is 0 Å². The second-order valence-corrected chi connectivity index (χ2v) is 13.5. The summed E-state index contributed by atoms with van der Waals surface area (Å²) in [5.41, 5.74) is 2.14. The standard InChI is InChI=1S/C30H41N2O5P/c1-3-36-38(35,37-4-2)28(27(33)25-8-6-5-7-9-25)32-26-12-10-21(11-13-26)20-31-29(34)30-17-22-14-23(18-30)16-24(15-22)19-30/h5-13,22-24,27-28,32-33H,3-4,14-20H2,1-2H3,(H,31,34). The lowest BCUT2D eigenvalue weighted by Gasteiger charge is -2.55. The van der Waals surface area contributed by atoms with Gasteiger partial charge in [-0.3, -0.25) is 9.36 Å². The number of benzene rings is 2. The number of nitrogens with one attached hydrogen (secondary N) is 2. The molecule has 4 aliphatic rings. The van der Waals surface area contributed by atoms with Crippen LogP contribution in [0.2, 0.25) is 0 Å². The molecular formula is C30H41N2O5P. The smallest absolute Gasteiger partial charge is 0.355 e. The summed E-state index contributed by atoms with van der Waals surface area (Å²) in [6.07, 6.45) is 6.01. The van der Waals surface area contributed by atoms with Crippen LogP contribution in [0.1, 0.15) is 69.6 Å². The quantitative estimate of drug-likeness (QED) is 0.275. The minimum absolute atomic E-state index is 0.156. The van der Waals surface area contributed by atoms with Crippen molar-refractivity contribution in [2.75, 3.05) is 18.5 Å². The molecule has 2 aromatic rings. The Bertz CT molecular complexity index is 1090. The van der Waals surface area contributed by atoms with E-state index < -0.39 is 19.5 Å². The molecule has 0 spiro atoms. The van der Waals surface area contributed by atoms with Crippen LogP contribution in [-0.2, 0) is 25.0 Å². The first-order valence-corrected chi connectivity index (χ1v) is 15.7. The van der Waals surface area contributed by atoms with E-state index >= 15 is 0 Å². The molecule has 3 N–H and O–H groups in total. The number of carbonyl (C=O) groups is 1. The average Bonchev–Trinajstić information content (AvgIpc) is 2.90. The van der Waals surface area contributed by atoms with E-state index in [-0.39, 0.29) is 24.5 Å². The fourth-order valence-corrected chi connectivity index (χ4v) is 9.31. The van der Waals surface area contributed by atoms with Crippen molar-refractivity contribution in [1.82, 2.24) is 5.32 Å². The van der Waals surface area contributed by atoms with Gasteiger partial charge in [0.05, 0.1) is 13.2 Å². The molecule has 0 heterocycles. The molecule has 0 aliphatic heterocycles. The zero-order valence-electron chi connectivity index (χ0n) is 22.5. The first-order chi connectivity index (χ1) is 18.3. The lowest BCUT2D eigenvalue weighted by Crippen LogP contribution is -2.53. The van der Waals surface area contributed by atoms with Crippen LogP contribution in [0.4, 0.5) is 5.69 Å². The van der Waals surface area contributed by atoms with Crippen LogP contribution >= 0.6 is 7.60 Å². The van der Waals surface area contributed by atoms with E-state index in [1.807, 2.05) is 42.5 Å². The Kier molecular flexibility index (Phi) is 8.30. The molecule has 4 saturated carbocycles. The van der Waals surface area contributed by atoms with E-state index in [2.05, 4.69) is 10.6 Å². The molecule has 1 amide bonds. The number of hydrogen-bond acceptors (Lipinski definition) is 6. The van der Waals surface area contributed by atoms with Gasteiger partial charge in [-0.15, -0.1) is 0 Å². The largest absolute Gasteiger partial charge is 0.386 e. The third-order valence-corrected chi connectivity index (χ3v) is 11.0. The van der Waals surface area contributed by atoms with Crippen LogP contribution in [0.15, 0.2) is 54.6 Å². The van der Waals surface area contributed by atoms with Gasteiger partial charge < -0.3 is 24.8 Å². The molecule has 2 aromatic carbocycles. The van der Waals surface area contributed by atoms with Crippen molar-refractivity contribution < 1.29 is 23.5 Å². The highest BCUT2D eigenvalue weighted by Gasteiger charge is 2.54. The van der Waals surface area contributed by atoms with Gasteiger partial charge in [-0.2, -0.15) is 0 Å². The molecule has 0 saturated heterocycles. The summed E-state index contributed by atoms with van der Waals surface area (Å²) in [6.45, 7) is 4.38. The highest BCUT2D eigenvalue weighted by atomic mass is 31.2. The summed E-state index contributed by atoms with van der Waals surface area (Å²) >= 11 is 0. The van der Waals surface area contributed by atoms with Crippen LogP contribution in [0.25, 0.3) is 0 Å². The van der Waals surface area contributed by atoms with Gasteiger partial charge in [0.2, 0.25) is 5.91 Å². The van der Waals surface area contributed by atoms with Crippen LogP contribution in [0.5, 0.6) is 0 Å². The van der Waals surface area contributed by atoms with Crippen LogP contribution in [-0.4, -0.2) is 30.0 Å². The van der Waals surface area contributed by atoms with Gasteiger partial charge in [0.1, 0.15) is 6.10 Å². The van der Waals surface area contributed by atoms with Crippen molar-refractivity contribution in [2.24, 2.45) is 23.2 Å². The maximum atomic E-state index is 13.7. The van der Waals surface area contributed by atoms with Gasteiger partial charge in [0.15, 0.2) is 5.78 Å². The predicted molar refractivity (Wildman–Crippen MR) is 149 cm³/mol. The predicted octanol–water partition coefficient (Wildman–Crippen LogP) is 6.26. The maximum Gasteiger partial charge on any atom is 0.355 e. The number of anilines is 1. The van der Waals surface area contributed by atoms with Gasteiger partial charge in [0.25, 0.3) is 0 Å². The normalized spacial score (nSPS) is 27.6. The van der Waals surface area contributed by atoms with Crippen molar-refractivity contribution in [2.45, 2.75) is 70.8 Å². The van der Waals surface area contributed by atoms with E-state index in [0.717, 1.165) is 42.6 Å². The van der Waals surface area contributed by atoms with Crippen molar-refractivity contribution in [3.8, 4) is 0 Å². The topological polar surface area (TPSA) is 96.9 Å². The molecule has 38 heavy (non-hydrogen) atoms. The zero-order chi connectivity index (χ0) is 26.8. The number of carbonyl (C=O) groups excluding carboxylic acids is 1. The number of aliphatic hydroxyl groups excluding tert-OH is 1. The molecular weight excluding hydrogens is 499 g/mol. The Labute approximate surface area is 226 Å². The van der Waals surface area contributed by atoms with Gasteiger partial charge >= 0.3 is 7.60 Å². The SMILES string of the molecule is CCOP(=O)(OCC)C(Nc1ccc(CNC(=O)C23CC4CC(CC(C4)C2)C3)cc1)C(O)c1ccccc1. The third kappa shape index (κ3) is 5.72. The van der Waals surface area contributed by atoms with E-state index in [4.69, 9.17) is 9.05 Å². The van der Waals surface area contributed by atoms with E-state index in [1.54, 1.807) is 26.0 Å². The van der Waals surface area contributed by atoms with E-state index in [1.165, 1.54) is 19.3 Å². The summed E-state index contributed by atoms with van der Waals surface area (Å²) in [4.78, 5) is 13.3. The lowest BCUT2D eigenvalue weighted by molar-refractivity contribution is -0.146. The van der Waals surface area contributed by atoms with Crippen molar-refractivity contribution in [3.63, 3.8) is 0 Å². The van der Waals surface area contributed by atoms with Gasteiger partial charge in [-0.1, -0.05) is 42.5 Å². The van der Waals surface area contributed by atoms with E-state index in [0.29, 0.717) is 17.8 Å². The summed E-state index contributed by atoms with van der Waals surface area (Å²) in [7, 11) is -3.70. The molecule has 4 aliphatic carbocycles. The van der Waals surface area contributed by atoms with Gasteiger partial charge in [0, 0.05) is 17.6 Å².